The van der Waals surface area contributed by atoms with Gasteiger partial charge in [-0.1, -0.05) is 42.5 Å². The Morgan fingerprint density at radius 1 is 1.28 bits per heavy atom. The molecule has 2 aromatic carbocycles. The fourth-order valence-corrected chi connectivity index (χ4v) is 2.95. The number of fused-ring (bicyclic) bond motifs is 1. The molecule has 0 spiro atoms. The minimum Gasteiger partial charge on any atom is -0.493 e. The zero-order valence-corrected chi connectivity index (χ0v) is 14.1. The van der Waals surface area contributed by atoms with E-state index in [9.17, 15) is 9.90 Å². The van der Waals surface area contributed by atoms with Gasteiger partial charge < -0.3 is 25.2 Å². The fraction of sp³-hybridized carbons (Fsp3) is 0.316. The van der Waals surface area contributed by atoms with Crippen molar-refractivity contribution in [3.8, 4) is 11.5 Å². The van der Waals surface area contributed by atoms with Crippen molar-refractivity contribution in [1.29, 1.82) is 0 Å². The van der Waals surface area contributed by atoms with Gasteiger partial charge in [0.15, 0.2) is 11.5 Å². The standard InChI is InChI=1S/C19H22N2O4/c1-24-17-9-5-8-14-10-15(12-25-18(14)17)20-19(23)21-16(11-22)13-6-3-2-4-7-13/h2-9,15-16,22H,10-12H2,1H3,(H2,20,21,23)/t15-,16-/m1/s1. The minimum absolute atomic E-state index is 0.144. The molecular formula is C19H22N2O4. The highest BCUT2D eigenvalue weighted by molar-refractivity contribution is 5.75. The molecule has 6 heteroatoms. The molecule has 1 aliphatic heterocycles. The lowest BCUT2D eigenvalue weighted by atomic mass is 10.0. The number of methoxy groups -OCH3 is 1. The average molecular weight is 342 g/mol. The lowest BCUT2D eigenvalue weighted by Gasteiger charge is -2.28. The maximum atomic E-state index is 12.3. The molecule has 0 aromatic heterocycles. The van der Waals surface area contributed by atoms with Gasteiger partial charge in [-0.15, -0.1) is 0 Å². The number of nitrogens with one attached hydrogen (secondary N) is 2. The van der Waals surface area contributed by atoms with Crippen LogP contribution in [0.25, 0.3) is 0 Å². The first-order valence-corrected chi connectivity index (χ1v) is 8.22. The first-order valence-electron chi connectivity index (χ1n) is 8.22. The molecule has 1 heterocycles. The van der Waals surface area contributed by atoms with Gasteiger partial charge in [-0.05, 0) is 18.1 Å². The second-order valence-corrected chi connectivity index (χ2v) is 5.92. The molecule has 2 amide bonds. The first-order chi connectivity index (χ1) is 12.2. The van der Waals surface area contributed by atoms with Gasteiger partial charge >= 0.3 is 6.03 Å². The number of rotatable bonds is 5. The predicted molar refractivity (Wildman–Crippen MR) is 93.9 cm³/mol. The molecule has 1 aliphatic rings. The molecule has 0 bridgehead atoms. The van der Waals surface area contributed by atoms with E-state index in [1.54, 1.807) is 7.11 Å². The van der Waals surface area contributed by atoms with Crippen LogP contribution in [0.15, 0.2) is 48.5 Å². The van der Waals surface area contributed by atoms with Crippen molar-refractivity contribution in [2.75, 3.05) is 20.3 Å². The quantitative estimate of drug-likeness (QED) is 0.777. The predicted octanol–water partition coefficient (Wildman–Crippen LogP) is 2.03. The first kappa shape index (κ1) is 17.1. The Bertz CT molecular complexity index is 721. The van der Waals surface area contributed by atoms with Gasteiger partial charge in [0.1, 0.15) is 6.61 Å². The lowest BCUT2D eigenvalue weighted by molar-refractivity contribution is 0.198. The van der Waals surface area contributed by atoms with Crippen LogP contribution >= 0.6 is 0 Å². The summed E-state index contributed by atoms with van der Waals surface area (Å²) in [5.74, 6) is 1.44. The summed E-state index contributed by atoms with van der Waals surface area (Å²) < 4.78 is 11.1. The molecule has 0 saturated carbocycles. The average Bonchev–Trinajstić information content (AvgIpc) is 2.66. The fourth-order valence-electron chi connectivity index (χ4n) is 2.95. The largest absolute Gasteiger partial charge is 0.493 e. The number of para-hydroxylation sites is 1. The monoisotopic (exact) mass is 342 g/mol. The molecule has 0 unspecified atom stereocenters. The molecule has 0 radical (unpaired) electrons. The van der Waals surface area contributed by atoms with Crippen molar-refractivity contribution in [3.63, 3.8) is 0 Å². The van der Waals surface area contributed by atoms with Crippen molar-refractivity contribution >= 4 is 6.03 Å². The van der Waals surface area contributed by atoms with Gasteiger partial charge in [0.25, 0.3) is 0 Å². The van der Waals surface area contributed by atoms with Gasteiger partial charge in [0.2, 0.25) is 0 Å². The Labute approximate surface area is 146 Å². The number of benzene rings is 2. The SMILES string of the molecule is COc1cccc2c1OC[C@H](NC(=O)N[C@H](CO)c1ccccc1)C2. The second kappa shape index (κ2) is 7.90. The maximum Gasteiger partial charge on any atom is 0.315 e. The highest BCUT2D eigenvalue weighted by Crippen LogP contribution is 2.34. The van der Waals surface area contributed by atoms with E-state index in [2.05, 4.69) is 10.6 Å². The van der Waals surface area contributed by atoms with Crippen molar-refractivity contribution in [2.45, 2.75) is 18.5 Å². The number of hydrogen-bond donors (Lipinski definition) is 3. The van der Waals surface area contributed by atoms with Crippen LogP contribution in [0.1, 0.15) is 17.2 Å². The smallest absolute Gasteiger partial charge is 0.315 e. The number of carbonyl (C=O) groups excluding carboxylic acids is 1. The summed E-state index contributed by atoms with van der Waals surface area (Å²) in [5.41, 5.74) is 1.85. The summed E-state index contributed by atoms with van der Waals surface area (Å²) in [6, 6.07) is 14.2. The van der Waals surface area contributed by atoms with Gasteiger partial charge in [-0.2, -0.15) is 0 Å². The Balaban J connectivity index is 1.60. The normalized spacial score (nSPS) is 17.0. The molecule has 0 saturated heterocycles. The van der Waals surface area contributed by atoms with Gasteiger partial charge in [0, 0.05) is 5.56 Å². The Morgan fingerprint density at radius 2 is 2.08 bits per heavy atom. The van der Waals surface area contributed by atoms with E-state index < -0.39 is 6.04 Å². The summed E-state index contributed by atoms with van der Waals surface area (Å²) in [6.07, 6.45) is 0.662. The minimum atomic E-state index is -0.446. The molecule has 132 valence electrons. The van der Waals surface area contributed by atoms with Crippen LogP contribution in [-0.4, -0.2) is 37.5 Å². The van der Waals surface area contributed by atoms with Crippen molar-refractivity contribution < 1.29 is 19.4 Å². The topological polar surface area (TPSA) is 79.8 Å². The molecule has 3 N–H and O–H groups in total. The Hall–Kier alpha value is -2.73. The van der Waals surface area contributed by atoms with Crippen molar-refractivity contribution in [1.82, 2.24) is 10.6 Å². The number of urea groups is 1. The number of ether oxygens (including phenoxy) is 2. The van der Waals surface area contributed by atoms with Crippen LogP contribution in [-0.2, 0) is 6.42 Å². The van der Waals surface area contributed by atoms with E-state index >= 15 is 0 Å². The van der Waals surface area contributed by atoms with Gasteiger partial charge in [-0.25, -0.2) is 4.79 Å². The van der Waals surface area contributed by atoms with Crippen LogP contribution in [0.3, 0.4) is 0 Å². The zero-order chi connectivity index (χ0) is 17.6. The second-order valence-electron chi connectivity index (χ2n) is 5.92. The molecule has 0 fully saturated rings. The summed E-state index contributed by atoms with van der Waals surface area (Å²) in [7, 11) is 1.61. The molecule has 0 aliphatic carbocycles. The molecule has 6 nitrogen and oxygen atoms in total. The highest BCUT2D eigenvalue weighted by atomic mass is 16.5. The third-order valence-corrected chi connectivity index (χ3v) is 4.20. The summed E-state index contributed by atoms with van der Waals surface area (Å²) in [6.45, 7) is 0.203. The molecular weight excluding hydrogens is 320 g/mol. The van der Waals surface area contributed by atoms with Crippen LogP contribution in [0, 0.1) is 0 Å². The summed E-state index contributed by atoms with van der Waals surface area (Å²) in [5, 5.41) is 15.2. The lowest BCUT2D eigenvalue weighted by Crippen LogP contribution is -2.48. The summed E-state index contributed by atoms with van der Waals surface area (Å²) >= 11 is 0. The van der Waals surface area contributed by atoms with E-state index in [0.717, 1.165) is 16.9 Å². The van der Waals surface area contributed by atoms with Crippen molar-refractivity contribution in [2.24, 2.45) is 0 Å². The Morgan fingerprint density at radius 3 is 2.80 bits per heavy atom. The number of hydrogen-bond acceptors (Lipinski definition) is 4. The number of amides is 2. The van der Waals surface area contributed by atoms with Crippen LogP contribution in [0.4, 0.5) is 4.79 Å². The van der Waals surface area contributed by atoms with Gasteiger partial charge in [-0.3, -0.25) is 0 Å². The molecule has 3 rings (SSSR count). The van der Waals surface area contributed by atoms with Crippen molar-refractivity contribution in [3.05, 3.63) is 59.7 Å². The van der Waals surface area contributed by atoms with E-state index in [-0.39, 0.29) is 18.7 Å². The highest BCUT2D eigenvalue weighted by Gasteiger charge is 2.24. The van der Waals surface area contributed by atoms with Crippen LogP contribution < -0.4 is 20.1 Å². The van der Waals surface area contributed by atoms with E-state index in [4.69, 9.17) is 9.47 Å². The number of carbonyl (C=O) groups is 1. The van der Waals surface area contributed by atoms with Crippen LogP contribution in [0.2, 0.25) is 0 Å². The zero-order valence-electron chi connectivity index (χ0n) is 14.1. The molecule has 2 aromatic rings. The summed E-state index contributed by atoms with van der Waals surface area (Å²) in [4.78, 5) is 12.3. The Kier molecular flexibility index (Phi) is 5.40. The van der Waals surface area contributed by atoms with E-state index in [0.29, 0.717) is 18.8 Å². The third-order valence-electron chi connectivity index (χ3n) is 4.20. The number of aliphatic hydroxyl groups excluding tert-OH is 1. The molecule has 2 atom stereocenters. The third kappa shape index (κ3) is 4.03. The van der Waals surface area contributed by atoms with Gasteiger partial charge in [0.05, 0.1) is 25.8 Å². The van der Waals surface area contributed by atoms with Crippen LogP contribution in [0.5, 0.6) is 11.5 Å². The number of aliphatic hydroxyl groups is 1. The van der Waals surface area contributed by atoms with E-state index in [1.807, 2.05) is 48.5 Å². The van der Waals surface area contributed by atoms with E-state index in [1.165, 1.54) is 0 Å². The molecule has 25 heavy (non-hydrogen) atoms. The maximum absolute atomic E-state index is 12.3.